The first-order chi connectivity index (χ1) is 7.25. The molecule has 1 saturated carbocycles. The quantitative estimate of drug-likeness (QED) is 0.827. The molecular formula is C12H21BrN2. The fourth-order valence-corrected chi connectivity index (χ4v) is 2.72. The van der Waals surface area contributed by atoms with E-state index in [0.717, 1.165) is 23.0 Å². The van der Waals surface area contributed by atoms with E-state index in [4.69, 9.17) is 0 Å². The molecule has 0 aromatic carbocycles. The molecule has 1 N–H and O–H groups in total. The van der Waals surface area contributed by atoms with Gasteiger partial charge < -0.3 is 5.32 Å². The largest absolute Gasteiger partial charge is 0.317 e. The lowest BCUT2D eigenvalue weighted by molar-refractivity contribution is 0.214. The number of nitrogens with zero attached hydrogens (tertiary/aromatic N) is 1. The highest BCUT2D eigenvalue weighted by Crippen LogP contribution is 2.29. The molecule has 0 bridgehead atoms. The summed E-state index contributed by atoms with van der Waals surface area (Å²) in [6.45, 7) is 8.69. The molecule has 3 heteroatoms. The van der Waals surface area contributed by atoms with Crippen LogP contribution in [0.15, 0.2) is 11.1 Å². The molecule has 2 nitrogen and oxygen atoms in total. The van der Waals surface area contributed by atoms with Gasteiger partial charge in [0.1, 0.15) is 0 Å². The smallest absolute Gasteiger partial charge is 0.0296 e. The van der Waals surface area contributed by atoms with Crippen LogP contribution in [0.25, 0.3) is 0 Å². The molecule has 2 aliphatic rings. The van der Waals surface area contributed by atoms with Crippen molar-refractivity contribution in [3.8, 4) is 0 Å². The predicted molar refractivity (Wildman–Crippen MR) is 68.3 cm³/mol. The second kappa shape index (κ2) is 5.46. The van der Waals surface area contributed by atoms with Crippen LogP contribution in [-0.4, -0.2) is 37.1 Å². The number of halogens is 1. The second-order valence-electron chi connectivity index (χ2n) is 4.87. The zero-order chi connectivity index (χ0) is 10.7. The van der Waals surface area contributed by atoms with Crippen LogP contribution in [0.5, 0.6) is 0 Å². The van der Waals surface area contributed by atoms with Gasteiger partial charge in [0.2, 0.25) is 0 Å². The molecule has 2 fully saturated rings. The maximum absolute atomic E-state index is 3.96. The third-order valence-corrected chi connectivity index (χ3v) is 3.64. The third kappa shape index (κ3) is 3.89. The van der Waals surface area contributed by atoms with Gasteiger partial charge in [0.15, 0.2) is 0 Å². The Kier molecular flexibility index (Phi) is 4.23. The van der Waals surface area contributed by atoms with Crippen LogP contribution in [0.1, 0.15) is 25.7 Å². The van der Waals surface area contributed by atoms with Gasteiger partial charge >= 0.3 is 0 Å². The monoisotopic (exact) mass is 272 g/mol. The molecule has 0 amide bonds. The van der Waals surface area contributed by atoms with Crippen molar-refractivity contribution in [3.63, 3.8) is 0 Å². The summed E-state index contributed by atoms with van der Waals surface area (Å²) in [5.41, 5.74) is 0. The summed E-state index contributed by atoms with van der Waals surface area (Å²) in [7, 11) is 0. The molecular weight excluding hydrogens is 252 g/mol. The van der Waals surface area contributed by atoms with Gasteiger partial charge in [-0.3, -0.25) is 4.90 Å². The first-order valence-corrected chi connectivity index (χ1v) is 6.83. The lowest BCUT2D eigenvalue weighted by atomic mass is 9.97. The van der Waals surface area contributed by atoms with E-state index in [-0.39, 0.29) is 0 Å². The molecule has 86 valence electrons. The van der Waals surface area contributed by atoms with Crippen molar-refractivity contribution in [2.45, 2.75) is 31.7 Å². The van der Waals surface area contributed by atoms with Crippen molar-refractivity contribution in [3.05, 3.63) is 11.1 Å². The van der Waals surface area contributed by atoms with Crippen molar-refractivity contribution in [2.75, 3.05) is 26.2 Å². The number of nitrogens with one attached hydrogen (secondary N) is 1. The zero-order valence-corrected chi connectivity index (χ0v) is 10.9. The van der Waals surface area contributed by atoms with Gasteiger partial charge in [-0.1, -0.05) is 22.5 Å². The fraction of sp³-hybridized carbons (Fsp3) is 0.833. The average molecular weight is 273 g/mol. The highest BCUT2D eigenvalue weighted by Gasteiger charge is 2.30. The van der Waals surface area contributed by atoms with Crippen LogP contribution < -0.4 is 5.32 Å². The number of rotatable bonds is 5. The molecule has 1 aliphatic carbocycles. The molecule has 0 aromatic rings. The second-order valence-corrected chi connectivity index (χ2v) is 5.99. The summed E-state index contributed by atoms with van der Waals surface area (Å²) < 4.78 is 1.13. The van der Waals surface area contributed by atoms with E-state index in [1.54, 1.807) is 0 Å². The Balaban J connectivity index is 1.79. The SMILES string of the molecule is C=C(Br)CN(CC1CCNCC1)C1CC1. The van der Waals surface area contributed by atoms with E-state index in [0.29, 0.717) is 0 Å². The Bertz CT molecular complexity index is 220. The van der Waals surface area contributed by atoms with Crippen LogP contribution in [0, 0.1) is 5.92 Å². The topological polar surface area (TPSA) is 15.3 Å². The van der Waals surface area contributed by atoms with Crippen molar-refractivity contribution in [1.82, 2.24) is 10.2 Å². The van der Waals surface area contributed by atoms with Crippen molar-refractivity contribution < 1.29 is 0 Å². The van der Waals surface area contributed by atoms with E-state index in [1.165, 1.54) is 45.3 Å². The Morgan fingerprint density at radius 3 is 2.47 bits per heavy atom. The maximum atomic E-state index is 3.96. The normalized spacial score (nSPS) is 23.3. The standard InChI is InChI=1S/C12H21BrN2/c1-10(13)8-15(12-2-3-12)9-11-4-6-14-7-5-11/h11-12,14H,1-9H2. The molecule has 1 heterocycles. The Labute approximate surface area is 101 Å². The first-order valence-electron chi connectivity index (χ1n) is 6.04. The van der Waals surface area contributed by atoms with Gasteiger partial charge in [-0.2, -0.15) is 0 Å². The van der Waals surface area contributed by atoms with E-state index >= 15 is 0 Å². The summed E-state index contributed by atoms with van der Waals surface area (Å²) in [5, 5.41) is 3.43. The van der Waals surface area contributed by atoms with E-state index in [9.17, 15) is 0 Å². The van der Waals surface area contributed by atoms with Gasteiger partial charge in [-0.15, -0.1) is 0 Å². The predicted octanol–water partition coefficient (Wildman–Crippen LogP) is 2.36. The van der Waals surface area contributed by atoms with Crippen LogP contribution >= 0.6 is 15.9 Å². The molecule has 0 radical (unpaired) electrons. The lowest BCUT2D eigenvalue weighted by Gasteiger charge is -2.30. The molecule has 15 heavy (non-hydrogen) atoms. The lowest BCUT2D eigenvalue weighted by Crippen LogP contribution is -2.37. The van der Waals surface area contributed by atoms with Gasteiger partial charge in [0.25, 0.3) is 0 Å². The van der Waals surface area contributed by atoms with Gasteiger partial charge in [-0.05, 0) is 44.7 Å². The summed E-state index contributed by atoms with van der Waals surface area (Å²) in [4.78, 5) is 2.62. The Hall–Kier alpha value is 0.140. The summed E-state index contributed by atoms with van der Waals surface area (Å²) in [6.07, 6.45) is 5.48. The average Bonchev–Trinajstić information content (AvgIpc) is 3.01. The highest BCUT2D eigenvalue weighted by atomic mass is 79.9. The first kappa shape index (κ1) is 11.6. The van der Waals surface area contributed by atoms with Gasteiger partial charge in [0.05, 0.1) is 0 Å². The molecule has 1 aliphatic heterocycles. The van der Waals surface area contributed by atoms with Crippen LogP contribution in [0.4, 0.5) is 0 Å². The highest BCUT2D eigenvalue weighted by molar-refractivity contribution is 9.11. The number of hydrogen-bond donors (Lipinski definition) is 1. The minimum Gasteiger partial charge on any atom is -0.317 e. The van der Waals surface area contributed by atoms with E-state index in [2.05, 4.69) is 32.7 Å². The zero-order valence-electron chi connectivity index (χ0n) is 9.34. The van der Waals surface area contributed by atoms with Crippen LogP contribution in [0.2, 0.25) is 0 Å². The maximum Gasteiger partial charge on any atom is 0.0296 e. The number of hydrogen-bond acceptors (Lipinski definition) is 2. The molecule has 2 rings (SSSR count). The molecule has 0 spiro atoms. The molecule has 0 atom stereocenters. The fourth-order valence-electron chi connectivity index (χ4n) is 2.40. The van der Waals surface area contributed by atoms with Crippen molar-refractivity contribution >= 4 is 15.9 Å². The van der Waals surface area contributed by atoms with Crippen LogP contribution in [0.3, 0.4) is 0 Å². The van der Waals surface area contributed by atoms with Gasteiger partial charge in [-0.25, -0.2) is 0 Å². The van der Waals surface area contributed by atoms with E-state index in [1.807, 2.05) is 0 Å². The summed E-state index contributed by atoms with van der Waals surface area (Å²) >= 11 is 3.49. The Morgan fingerprint density at radius 1 is 1.27 bits per heavy atom. The minimum absolute atomic E-state index is 0.856. The molecule has 0 unspecified atom stereocenters. The Morgan fingerprint density at radius 2 is 1.93 bits per heavy atom. The summed E-state index contributed by atoms with van der Waals surface area (Å²) in [6, 6.07) is 0.856. The molecule has 1 saturated heterocycles. The summed E-state index contributed by atoms with van der Waals surface area (Å²) in [5.74, 6) is 0.902. The van der Waals surface area contributed by atoms with Crippen molar-refractivity contribution in [1.29, 1.82) is 0 Å². The third-order valence-electron chi connectivity index (χ3n) is 3.39. The number of piperidine rings is 1. The molecule has 0 aromatic heterocycles. The van der Waals surface area contributed by atoms with Gasteiger partial charge in [0, 0.05) is 23.6 Å². The minimum atomic E-state index is 0.856. The van der Waals surface area contributed by atoms with E-state index < -0.39 is 0 Å². The van der Waals surface area contributed by atoms with Crippen LogP contribution in [-0.2, 0) is 0 Å². The van der Waals surface area contributed by atoms with Crippen molar-refractivity contribution in [2.24, 2.45) is 5.92 Å².